The van der Waals surface area contributed by atoms with Crippen LogP contribution in [0.2, 0.25) is 10.0 Å². The number of aromatic nitrogens is 2. The van der Waals surface area contributed by atoms with Crippen LogP contribution in [-0.2, 0) is 6.54 Å². The van der Waals surface area contributed by atoms with Gasteiger partial charge in [-0.25, -0.2) is 4.79 Å². The zero-order valence-corrected chi connectivity index (χ0v) is 25.4. The monoisotopic (exact) mass is 615 g/mol. The van der Waals surface area contributed by atoms with Crippen molar-refractivity contribution in [2.45, 2.75) is 50.1 Å². The van der Waals surface area contributed by atoms with Gasteiger partial charge in [-0.1, -0.05) is 53.5 Å². The van der Waals surface area contributed by atoms with Gasteiger partial charge in [0.15, 0.2) is 0 Å². The second-order valence-corrected chi connectivity index (χ2v) is 13.4. The number of carboxylic acids is 1. The molecular formula is C34H31Cl2N3O2S. The molecule has 0 spiro atoms. The molecule has 1 aliphatic carbocycles. The van der Waals surface area contributed by atoms with E-state index in [1.54, 1.807) is 5.38 Å². The van der Waals surface area contributed by atoms with Gasteiger partial charge in [0.2, 0.25) is 0 Å². The summed E-state index contributed by atoms with van der Waals surface area (Å²) in [6, 6.07) is 25.4. The van der Waals surface area contributed by atoms with Crippen molar-refractivity contribution in [3.8, 4) is 0 Å². The highest BCUT2D eigenvalue weighted by Gasteiger charge is 2.33. The van der Waals surface area contributed by atoms with Crippen molar-refractivity contribution < 1.29 is 9.90 Å². The molecular weight excluding hydrogens is 585 g/mol. The Morgan fingerprint density at radius 1 is 0.881 bits per heavy atom. The number of piperidine rings is 1. The predicted molar refractivity (Wildman–Crippen MR) is 170 cm³/mol. The van der Waals surface area contributed by atoms with E-state index in [0.29, 0.717) is 17.5 Å². The molecule has 0 bridgehead atoms. The number of rotatable bonds is 8. The Kier molecular flexibility index (Phi) is 7.57. The summed E-state index contributed by atoms with van der Waals surface area (Å²) in [5, 5.41) is 18.9. The molecule has 3 heterocycles. The van der Waals surface area contributed by atoms with Crippen molar-refractivity contribution in [1.82, 2.24) is 14.7 Å². The van der Waals surface area contributed by atoms with Gasteiger partial charge >= 0.3 is 5.97 Å². The Morgan fingerprint density at radius 3 is 2.07 bits per heavy atom. The van der Waals surface area contributed by atoms with Crippen LogP contribution < -0.4 is 0 Å². The molecule has 3 aromatic carbocycles. The summed E-state index contributed by atoms with van der Waals surface area (Å²) in [7, 11) is 0. The highest BCUT2D eigenvalue weighted by molar-refractivity contribution is 7.10. The van der Waals surface area contributed by atoms with E-state index in [1.807, 2.05) is 30.3 Å². The van der Waals surface area contributed by atoms with Crippen LogP contribution in [0.15, 0.2) is 78.2 Å². The minimum Gasteiger partial charge on any atom is -0.478 e. The molecule has 42 heavy (non-hydrogen) atoms. The van der Waals surface area contributed by atoms with Crippen LogP contribution in [0, 0.1) is 0 Å². The number of hydrogen-bond donors (Lipinski definition) is 1. The molecule has 1 aliphatic heterocycles. The van der Waals surface area contributed by atoms with Gasteiger partial charge in [-0.15, -0.1) is 11.3 Å². The standard InChI is InChI=1S/C34H31Cl2N3O2S/c35-26-6-1-21(2-7-26)32(22-3-8-27(36)9-4-22)24-5-12-31-30(18-24)33(39(37-31)28-10-11-28)23-13-15-38(16-14-23)19-29-17-25(20-42-29)34(40)41/h1-9,12,17-18,20,23,28,32H,10-11,13-16,19H2,(H,40,41). The van der Waals surface area contributed by atoms with Crippen LogP contribution in [-0.4, -0.2) is 38.8 Å². The van der Waals surface area contributed by atoms with Gasteiger partial charge in [0.25, 0.3) is 0 Å². The number of carboxylic acid groups (broad SMARTS) is 1. The smallest absolute Gasteiger partial charge is 0.336 e. The maximum atomic E-state index is 11.3. The molecule has 0 radical (unpaired) electrons. The Balaban J connectivity index is 1.21. The molecule has 2 aromatic heterocycles. The maximum Gasteiger partial charge on any atom is 0.336 e. The third-order valence-corrected chi connectivity index (χ3v) is 10.1. The lowest BCUT2D eigenvalue weighted by molar-refractivity contribution is 0.0697. The van der Waals surface area contributed by atoms with Crippen molar-refractivity contribution in [2.24, 2.45) is 0 Å². The number of thiophene rings is 1. The van der Waals surface area contributed by atoms with Gasteiger partial charge in [0, 0.05) is 49.8 Å². The first-order chi connectivity index (χ1) is 20.4. The minimum atomic E-state index is -0.856. The molecule has 7 rings (SSSR count). The molecule has 5 aromatic rings. The van der Waals surface area contributed by atoms with E-state index in [-0.39, 0.29) is 5.92 Å². The molecule has 0 unspecified atom stereocenters. The lowest BCUT2D eigenvalue weighted by Gasteiger charge is -2.32. The summed E-state index contributed by atoms with van der Waals surface area (Å²) in [4.78, 5) is 14.9. The summed E-state index contributed by atoms with van der Waals surface area (Å²) in [6.45, 7) is 2.78. The lowest BCUT2D eigenvalue weighted by atomic mass is 9.84. The number of nitrogens with zero attached hydrogens (tertiary/aromatic N) is 3. The van der Waals surface area contributed by atoms with Crippen LogP contribution in [0.5, 0.6) is 0 Å². The Morgan fingerprint density at radius 2 is 1.50 bits per heavy atom. The zero-order valence-electron chi connectivity index (χ0n) is 23.0. The summed E-state index contributed by atoms with van der Waals surface area (Å²) < 4.78 is 2.34. The molecule has 8 heteroatoms. The molecule has 0 atom stereocenters. The van der Waals surface area contributed by atoms with E-state index in [1.165, 1.54) is 51.9 Å². The number of halogens is 2. The SMILES string of the molecule is O=C(O)c1csc(CN2CCC(c3c4cc(C(c5ccc(Cl)cc5)c5ccc(Cl)cc5)ccc4nn3C3CC3)CC2)c1. The van der Waals surface area contributed by atoms with E-state index in [9.17, 15) is 9.90 Å². The van der Waals surface area contributed by atoms with Gasteiger partial charge in [-0.05, 0) is 97.9 Å². The molecule has 1 saturated heterocycles. The first-order valence-corrected chi connectivity index (χ1v) is 16.1. The van der Waals surface area contributed by atoms with E-state index in [4.69, 9.17) is 28.3 Å². The molecule has 1 saturated carbocycles. The van der Waals surface area contributed by atoms with Crippen molar-refractivity contribution >= 4 is 51.4 Å². The molecule has 2 aliphatic rings. The van der Waals surface area contributed by atoms with E-state index < -0.39 is 5.97 Å². The van der Waals surface area contributed by atoms with Crippen LogP contribution in [0.4, 0.5) is 0 Å². The topological polar surface area (TPSA) is 58.4 Å². The van der Waals surface area contributed by atoms with Crippen molar-refractivity contribution in [1.29, 1.82) is 0 Å². The zero-order chi connectivity index (χ0) is 28.8. The lowest BCUT2D eigenvalue weighted by Crippen LogP contribution is -2.33. The largest absolute Gasteiger partial charge is 0.478 e. The van der Waals surface area contributed by atoms with Gasteiger partial charge in [-0.2, -0.15) is 5.10 Å². The summed E-state index contributed by atoms with van der Waals surface area (Å²) >= 11 is 14.1. The normalized spacial score (nSPS) is 16.5. The van der Waals surface area contributed by atoms with Crippen LogP contribution in [0.25, 0.3) is 10.9 Å². The van der Waals surface area contributed by atoms with Crippen LogP contribution in [0.3, 0.4) is 0 Å². The number of likely N-dealkylation sites (tertiary alicyclic amines) is 1. The average Bonchev–Trinajstić information content (AvgIpc) is 3.61. The van der Waals surface area contributed by atoms with Gasteiger partial charge in [0.1, 0.15) is 0 Å². The van der Waals surface area contributed by atoms with Crippen LogP contribution >= 0.6 is 34.5 Å². The van der Waals surface area contributed by atoms with E-state index in [0.717, 1.165) is 52.9 Å². The number of carbonyl (C=O) groups is 1. The molecule has 1 N–H and O–H groups in total. The maximum absolute atomic E-state index is 11.3. The van der Waals surface area contributed by atoms with Gasteiger partial charge in [0.05, 0.1) is 17.1 Å². The fourth-order valence-corrected chi connectivity index (χ4v) is 7.52. The average molecular weight is 617 g/mol. The van der Waals surface area contributed by atoms with Gasteiger partial charge < -0.3 is 5.11 Å². The summed E-state index contributed by atoms with van der Waals surface area (Å²) in [6.07, 6.45) is 4.50. The Labute approximate surface area is 259 Å². The van der Waals surface area contributed by atoms with Gasteiger partial charge in [-0.3, -0.25) is 9.58 Å². The molecule has 5 nitrogen and oxygen atoms in total. The summed E-state index contributed by atoms with van der Waals surface area (Å²) in [5.74, 6) is -0.376. The first-order valence-electron chi connectivity index (χ1n) is 14.5. The third-order valence-electron chi connectivity index (χ3n) is 8.65. The van der Waals surface area contributed by atoms with E-state index >= 15 is 0 Å². The number of hydrogen-bond acceptors (Lipinski definition) is 4. The molecule has 214 valence electrons. The van der Waals surface area contributed by atoms with Crippen molar-refractivity contribution in [3.63, 3.8) is 0 Å². The second kappa shape index (κ2) is 11.5. The first kappa shape index (κ1) is 27.7. The second-order valence-electron chi connectivity index (χ2n) is 11.5. The number of benzene rings is 3. The quantitative estimate of drug-likeness (QED) is 0.177. The molecule has 0 amide bonds. The predicted octanol–water partition coefficient (Wildman–Crippen LogP) is 9.00. The third kappa shape index (κ3) is 5.61. The highest BCUT2D eigenvalue weighted by Crippen LogP contribution is 2.43. The summed E-state index contributed by atoms with van der Waals surface area (Å²) in [5.41, 5.74) is 6.43. The fourth-order valence-electron chi connectivity index (χ4n) is 6.37. The Bertz CT molecular complexity index is 1690. The van der Waals surface area contributed by atoms with Crippen molar-refractivity contribution in [2.75, 3.05) is 13.1 Å². The van der Waals surface area contributed by atoms with Crippen LogP contribution in [0.1, 0.15) is 81.2 Å². The van der Waals surface area contributed by atoms with E-state index in [2.05, 4.69) is 52.0 Å². The highest BCUT2D eigenvalue weighted by atomic mass is 35.5. The number of fused-ring (bicyclic) bond motifs is 1. The minimum absolute atomic E-state index is 0.0457. The Hall–Kier alpha value is -3.16. The fraction of sp³-hybridized carbons (Fsp3) is 0.294. The molecule has 2 fully saturated rings. The van der Waals surface area contributed by atoms with Crippen molar-refractivity contribution in [3.05, 3.63) is 121 Å². The number of aromatic carboxylic acids is 1.